The van der Waals surface area contributed by atoms with Crippen molar-refractivity contribution in [2.75, 3.05) is 71.6 Å². The molecule has 0 aromatic rings. The van der Waals surface area contributed by atoms with Gasteiger partial charge in [0.25, 0.3) is 0 Å². The van der Waals surface area contributed by atoms with E-state index in [9.17, 15) is 15.3 Å². The second-order valence-corrected chi connectivity index (χ2v) is 14.2. The molecule has 3 aliphatic heterocycles. The molecule has 12 heteroatoms. The van der Waals surface area contributed by atoms with Crippen molar-refractivity contribution in [2.24, 2.45) is 0 Å². The molecule has 0 amide bonds. The first-order chi connectivity index (χ1) is 14.5. The number of thioether (sulfide) groups is 6. The summed E-state index contributed by atoms with van der Waals surface area (Å²) in [4.78, 5) is 0. The lowest BCUT2D eigenvalue weighted by molar-refractivity contribution is 0.214. The first kappa shape index (κ1) is 29.9. The largest absolute Gasteiger partial charge is 0.395 e. The summed E-state index contributed by atoms with van der Waals surface area (Å²) in [5.41, 5.74) is 0. The average Bonchev–Trinajstić information content (AvgIpc) is 2.97. The van der Waals surface area contributed by atoms with Crippen LogP contribution in [0.4, 0.5) is 0 Å². The van der Waals surface area contributed by atoms with Gasteiger partial charge in [-0.1, -0.05) is 0 Å². The third kappa shape index (κ3) is 14.9. The Hall–Kier alpha value is 1.86. The molecule has 30 heavy (non-hydrogen) atoms. The molecule has 3 aliphatic rings. The highest BCUT2D eigenvalue weighted by molar-refractivity contribution is 8.07. The highest BCUT2D eigenvalue weighted by Crippen LogP contribution is 2.29. The van der Waals surface area contributed by atoms with Gasteiger partial charge in [-0.25, -0.2) is 0 Å². The molecule has 3 rings (SSSR count). The van der Waals surface area contributed by atoms with Crippen LogP contribution in [0.25, 0.3) is 0 Å². The van der Waals surface area contributed by atoms with Gasteiger partial charge in [0.1, 0.15) is 0 Å². The van der Waals surface area contributed by atoms with E-state index >= 15 is 0 Å². The minimum atomic E-state index is -0.178. The first-order valence-corrected chi connectivity index (χ1v) is 16.5. The number of hydrogen-bond donors (Lipinski definition) is 6. The Morgan fingerprint density at radius 2 is 0.733 bits per heavy atom. The Morgan fingerprint density at radius 1 is 0.433 bits per heavy atom. The predicted molar refractivity (Wildman–Crippen MR) is 140 cm³/mol. The monoisotopic (exact) mass is 540 g/mol. The Balaban J connectivity index is 0.000000225. The van der Waals surface area contributed by atoms with Crippen LogP contribution >= 0.6 is 70.6 Å². The molecule has 6 nitrogen and oxygen atoms in total. The van der Waals surface area contributed by atoms with E-state index in [0.717, 1.165) is 51.8 Å². The second-order valence-electron chi connectivity index (χ2n) is 6.99. The summed E-state index contributed by atoms with van der Waals surface area (Å²) in [7, 11) is 0. The molecule has 0 radical (unpaired) electrons. The number of hydrogen-bond acceptors (Lipinski definition) is 12. The zero-order valence-electron chi connectivity index (χ0n) is 17.1. The van der Waals surface area contributed by atoms with Crippen LogP contribution in [0.15, 0.2) is 0 Å². The summed E-state index contributed by atoms with van der Waals surface area (Å²) >= 11 is 10.2. The van der Waals surface area contributed by atoms with Gasteiger partial charge in [-0.3, -0.25) is 0 Å². The van der Waals surface area contributed by atoms with Crippen LogP contribution in [0.3, 0.4) is 0 Å². The number of aliphatic hydroxyl groups is 6. The molecule has 180 valence electrons. The predicted octanol–water partition coefficient (Wildman–Crippen LogP) is 0.565. The topological polar surface area (TPSA) is 121 Å². The summed E-state index contributed by atoms with van der Waals surface area (Å²) in [5.74, 6) is 7.60. The molecule has 4 unspecified atom stereocenters. The molecule has 0 aromatic carbocycles. The van der Waals surface area contributed by atoms with Crippen molar-refractivity contribution in [2.45, 2.75) is 34.1 Å². The van der Waals surface area contributed by atoms with Gasteiger partial charge in [-0.15, -0.1) is 0 Å². The van der Waals surface area contributed by atoms with Crippen LogP contribution < -0.4 is 0 Å². The molecule has 0 aliphatic carbocycles. The smallest absolute Gasteiger partial charge is 0.0721 e. The van der Waals surface area contributed by atoms with Crippen molar-refractivity contribution in [3.05, 3.63) is 0 Å². The molecular formula is C18H36O6S6. The first-order valence-electron chi connectivity index (χ1n) is 9.93. The van der Waals surface area contributed by atoms with Gasteiger partial charge >= 0.3 is 0 Å². The lowest BCUT2D eigenvalue weighted by atomic mass is 10.5. The van der Waals surface area contributed by atoms with Crippen LogP contribution in [0.2, 0.25) is 0 Å². The fraction of sp³-hybridized carbons (Fsp3) is 1.00. The molecule has 6 N–H and O–H groups in total. The maximum Gasteiger partial charge on any atom is 0.0721 e. The molecule has 0 spiro atoms. The van der Waals surface area contributed by atoms with E-state index in [1.54, 1.807) is 70.6 Å². The van der Waals surface area contributed by atoms with Gasteiger partial charge in [-0.2, -0.15) is 70.6 Å². The van der Waals surface area contributed by atoms with E-state index in [0.29, 0.717) is 15.7 Å². The summed E-state index contributed by atoms with van der Waals surface area (Å²) in [6, 6.07) is 0. The highest BCUT2D eigenvalue weighted by atomic mass is 32.2. The molecule has 4 atom stereocenters. The minimum absolute atomic E-state index is 0.174. The van der Waals surface area contributed by atoms with E-state index in [1.807, 2.05) is 0 Å². The van der Waals surface area contributed by atoms with Crippen LogP contribution in [0, 0.1) is 0 Å². The quantitative estimate of drug-likeness (QED) is 0.300. The maximum atomic E-state index is 9.18. The van der Waals surface area contributed by atoms with Crippen molar-refractivity contribution < 1.29 is 30.6 Å². The third-order valence-corrected chi connectivity index (χ3v) is 12.5. The second kappa shape index (κ2) is 19.2. The summed E-state index contributed by atoms with van der Waals surface area (Å²) in [6.07, 6.45) is -0.531. The Morgan fingerprint density at radius 3 is 1.10 bits per heavy atom. The standard InChI is InChI=1S/3C6H12O2S2/c7-1-6-4-9-2-5(8)3-10-6;7-1-5-3-10-6(2-8)4-9-5;7-5-1-9-3-6(8)4-10-2-5/h3*5-8H,1-4H2. The van der Waals surface area contributed by atoms with Gasteiger partial charge in [0.05, 0.1) is 38.1 Å². The zero-order chi connectivity index (χ0) is 22.2. The molecular weight excluding hydrogens is 505 g/mol. The summed E-state index contributed by atoms with van der Waals surface area (Å²) < 4.78 is 0. The minimum Gasteiger partial charge on any atom is -0.395 e. The molecule has 0 saturated carbocycles. The molecule has 3 fully saturated rings. The van der Waals surface area contributed by atoms with Gasteiger partial charge in [-0.05, 0) is 0 Å². The SMILES string of the molecule is OC1CSCC(O)CSC1.OCC1CSC(CO)CS1.OCC1CSCC(O)CS1. The third-order valence-electron chi connectivity index (χ3n) is 4.03. The molecule has 0 bridgehead atoms. The van der Waals surface area contributed by atoms with E-state index in [4.69, 9.17) is 15.3 Å². The van der Waals surface area contributed by atoms with Crippen molar-refractivity contribution in [3.8, 4) is 0 Å². The highest BCUT2D eigenvalue weighted by Gasteiger charge is 2.20. The normalized spacial score (nSPS) is 35.4. The summed E-state index contributed by atoms with van der Waals surface area (Å²) in [5, 5.41) is 55.0. The number of rotatable bonds is 3. The Kier molecular flexibility index (Phi) is 19.1. The van der Waals surface area contributed by atoms with E-state index in [-0.39, 0.29) is 38.1 Å². The van der Waals surface area contributed by atoms with Crippen molar-refractivity contribution >= 4 is 70.6 Å². The van der Waals surface area contributed by atoms with Crippen LogP contribution in [0.1, 0.15) is 0 Å². The van der Waals surface area contributed by atoms with E-state index in [2.05, 4.69) is 0 Å². The van der Waals surface area contributed by atoms with E-state index < -0.39 is 0 Å². The van der Waals surface area contributed by atoms with Crippen molar-refractivity contribution in [1.29, 1.82) is 0 Å². The van der Waals surface area contributed by atoms with Gasteiger partial charge in [0.15, 0.2) is 0 Å². The zero-order valence-corrected chi connectivity index (χ0v) is 22.0. The summed E-state index contributed by atoms with van der Waals surface area (Å²) in [6.45, 7) is 0.788. The fourth-order valence-electron chi connectivity index (χ4n) is 2.35. The van der Waals surface area contributed by atoms with Crippen LogP contribution in [0.5, 0.6) is 0 Å². The molecule has 3 saturated heterocycles. The van der Waals surface area contributed by atoms with Crippen molar-refractivity contribution in [3.63, 3.8) is 0 Å². The average molecular weight is 541 g/mol. The maximum absolute atomic E-state index is 9.18. The van der Waals surface area contributed by atoms with Crippen molar-refractivity contribution in [1.82, 2.24) is 0 Å². The lowest BCUT2D eigenvalue weighted by Crippen LogP contribution is -2.25. The van der Waals surface area contributed by atoms with Gasteiger partial charge < -0.3 is 30.6 Å². The van der Waals surface area contributed by atoms with Crippen LogP contribution in [-0.4, -0.2) is 136 Å². The van der Waals surface area contributed by atoms with Gasteiger partial charge in [0, 0.05) is 67.5 Å². The Labute approximate surface area is 205 Å². The van der Waals surface area contributed by atoms with E-state index in [1.165, 1.54) is 0 Å². The Bertz CT molecular complexity index is 373. The lowest BCUT2D eigenvalue weighted by Gasteiger charge is -2.24. The number of aliphatic hydroxyl groups excluding tert-OH is 6. The van der Waals surface area contributed by atoms with Crippen LogP contribution in [-0.2, 0) is 0 Å². The van der Waals surface area contributed by atoms with Gasteiger partial charge in [0.2, 0.25) is 0 Å². The molecule has 3 heterocycles. The molecule has 0 aromatic heterocycles. The fourth-order valence-corrected chi connectivity index (χ4v) is 9.56.